The van der Waals surface area contributed by atoms with Crippen molar-refractivity contribution in [1.82, 2.24) is 0 Å². The van der Waals surface area contributed by atoms with Gasteiger partial charge in [0, 0.05) is 24.1 Å². The van der Waals surface area contributed by atoms with Crippen LogP contribution in [0.15, 0.2) is 48.5 Å². The zero-order valence-corrected chi connectivity index (χ0v) is 13.2. The predicted octanol–water partition coefficient (Wildman–Crippen LogP) is 3.91. The molecule has 2 atom stereocenters. The molecule has 3 heteroatoms. The van der Waals surface area contributed by atoms with Gasteiger partial charge in [-0.15, -0.1) is 0 Å². The van der Waals surface area contributed by atoms with E-state index >= 15 is 0 Å². The molecular formula is C19H21NO2. The highest BCUT2D eigenvalue weighted by Crippen LogP contribution is 2.37. The average Bonchev–Trinajstić information content (AvgIpc) is 2.83. The number of hydrogen-bond donors (Lipinski definition) is 0. The Morgan fingerprint density at radius 1 is 1.05 bits per heavy atom. The van der Waals surface area contributed by atoms with Crippen molar-refractivity contribution in [1.29, 1.82) is 0 Å². The van der Waals surface area contributed by atoms with Crippen molar-refractivity contribution in [3.05, 3.63) is 59.7 Å². The summed E-state index contributed by atoms with van der Waals surface area (Å²) >= 11 is 0. The number of anilines is 1. The number of rotatable bonds is 3. The maximum absolute atomic E-state index is 12.5. The maximum atomic E-state index is 12.5. The van der Waals surface area contributed by atoms with E-state index in [0.717, 1.165) is 11.4 Å². The Balaban J connectivity index is 1.87. The van der Waals surface area contributed by atoms with Crippen molar-refractivity contribution >= 4 is 11.6 Å². The van der Waals surface area contributed by atoms with E-state index in [1.807, 2.05) is 29.2 Å². The quantitative estimate of drug-likeness (QED) is 0.859. The lowest BCUT2D eigenvalue weighted by molar-refractivity contribution is -0.117. The van der Waals surface area contributed by atoms with Gasteiger partial charge in [-0.25, -0.2) is 0 Å². The molecule has 2 aromatic rings. The van der Waals surface area contributed by atoms with Gasteiger partial charge in [0.1, 0.15) is 5.75 Å². The summed E-state index contributed by atoms with van der Waals surface area (Å²) in [7, 11) is 1.64. The highest BCUT2D eigenvalue weighted by Gasteiger charge is 2.38. The van der Waals surface area contributed by atoms with Gasteiger partial charge in [0.2, 0.25) is 5.91 Å². The smallest absolute Gasteiger partial charge is 0.227 e. The maximum Gasteiger partial charge on any atom is 0.227 e. The summed E-state index contributed by atoms with van der Waals surface area (Å²) in [4.78, 5) is 14.4. The van der Waals surface area contributed by atoms with Gasteiger partial charge in [-0.1, -0.05) is 29.8 Å². The summed E-state index contributed by atoms with van der Waals surface area (Å²) in [5, 5.41) is 0. The summed E-state index contributed by atoms with van der Waals surface area (Å²) in [5.41, 5.74) is 3.42. The third-order valence-electron chi connectivity index (χ3n) is 4.51. The first kappa shape index (κ1) is 14.6. The number of carbonyl (C=O) groups excluding carboxylic acids is 1. The minimum absolute atomic E-state index is 0.156. The molecule has 0 bridgehead atoms. The SMILES string of the molecule is COc1ccc(N2C(=O)C[C@@H](c3ccc(C)cc3)[C@@H]2C)cc1. The number of hydrogen-bond acceptors (Lipinski definition) is 2. The van der Waals surface area contributed by atoms with Crippen LogP contribution in [-0.2, 0) is 4.79 Å². The highest BCUT2D eigenvalue weighted by molar-refractivity contribution is 5.97. The average molecular weight is 295 g/mol. The van der Waals surface area contributed by atoms with Crippen molar-refractivity contribution < 1.29 is 9.53 Å². The molecule has 0 aromatic heterocycles. The second kappa shape index (κ2) is 5.84. The minimum Gasteiger partial charge on any atom is -0.497 e. The standard InChI is InChI=1S/C19H21NO2/c1-13-4-6-15(7-5-13)18-12-19(21)20(14(18)2)16-8-10-17(22-3)11-9-16/h4-11,14,18H,12H2,1-3H3/t14-,18+/m0/s1. The molecule has 1 aliphatic rings. The van der Waals surface area contributed by atoms with Gasteiger partial charge in [-0.2, -0.15) is 0 Å². The van der Waals surface area contributed by atoms with Crippen LogP contribution in [0.3, 0.4) is 0 Å². The Bertz CT molecular complexity index is 661. The molecule has 22 heavy (non-hydrogen) atoms. The molecule has 2 aromatic carbocycles. The number of aryl methyl sites for hydroxylation is 1. The largest absolute Gasteiger partial charge is 0.497 e. The van der Waals surface area contributed by atoms with E-state index in [1.54, 1.807) is 7.11 Å². The Hall–Kier alpha value is -2.29. The first-order chi connectivity index (χ1) is 10.6. The van der Waals surface area contributed by atoms with Crippen LogP contribution in [-0.4, -0.2) is 19.1 Å². The number of benzene rings is 2. The number of methoxy groups -OCH3 is 1. The molecule has 1 fully saturated rings. The zero-order valence-electron chi connectivity index (χ0n) is 13.2. The summed E-state index contributed by atoms with van der Waals surface area (Å²) < 4.78 is 5.18. The molecule has 0 unspecified atom stereocenters. The Morgan fingerprint density at radius 2 is 1.68 bits per heavy atom. The van der Waals surface area contributed by atoms with Crippen LogP contribution >= 0.6 is 0 Å². The van der Waals surface area contributed by atoms with E-state index in [0.29, 0.717) is 6.42 Å². The number of amides is 1. The van der Waals surface area contributed by atoms with Gasteiger partial charge in [-0.05, 0) is 43.7 Å². The second-order valence-corrected chi connectivity index (χ2v) is 5.92. The fourth-order valence-corrected chi connectivity index (χ4v) is 3.20. The van der Waals surface area contributed by atoms with Crippen LogP contribution in [0.1, 0.15) is 30.4 Å². The topological polar surface area (TPSA) is 29.5 Å². The molecule has 1 heterocycles. The van der Waals surface area contributed by atoms with E-state index < -0.39 is 0 Å². The lowest BCUT2D eigenvalue weighted by Gasteiger charge is -2.25. The molecule has 0 radical (unpaired) electrons. The molecule has 1 amide bonds. The molecule has 0 N–H and O–H groups in total. The van der Waals surface area contributed by atoms with Crippen LogP contribution in [0.5, 0.6) is 5.75 Å². The van der Waals surface area contributed by atoms with E-state index in [9.17, 15) is 4.79 Å². The molecule has 0 spiro atoms. The molecule has 3 rings (SSSR count). The molecule has 3 nitrogen and oxygen atoms in total. The van der Waals surface area contributed by atoms with Gasteiger partial charge in [0.25, 0.3) is 0 Å². The van der Waals surface area contributed by atoms with Crippen molar-refractivity contribution in [3.63, 3.8) is 0 Å². The van der Waals surface area contributed by atoms with Crippen molar-refractivity contribution in [2.45, 2.75) is 32.2 Å². The van der Waals surface area contributed by atoms with E-state index in [1.165, 1.54) is 11.1 Å². The highest BCUT2D eigenvalue weighted by atomic mass is 16.5. The van der Waals surface area contributed by atoms with Gasteiger partial charge >= 0.3 is 0 Å². The van der Waals surface area contributed by atoms with Crippen LogP contribution in [0, 0.1) is 6.92 Å². The summed E-state index contributed by atoms with van der Waals surface area (Å²) in [6.07, 6.45) is 0.566. The minimum atomic E-state index is 0.156. The zero-order chi connectivity index (χ0) is 15.7. The van der Waals surface area contributed by atoms with Gasteiger partial charge in [-0.3, -0.25) is 4.79 Å². The molecular weight excluding hydrogens is 274 g/mol. The van der Waals surface area contributed by atoms with Crippen LogP contribution in [0.25, 0.3) is 0 Å². The van der Waals surface area contributed by atoms with Crippen LogP contribution < -0.4 is 9.64 Å². The fraction of sp³-hybridized carbons (Fsp3) is 0.316. The molecule has 0 saturated carbocycles. The van der Waals surface area contributed by atoms with E-state index in [-0.39, 0.29) is 17.9 Å². The van der Waals surface area contributed by atoms with Crippen molar-refractivity contribution in [2.75, 3.05) is 12.0 Å². The summed E-state index contributed by atoms with van der Waals surface area (Å²) in [5.74, 6) is 1.23. The second-order valence-electron chi connectivity index (χ2n) is 5.92. The fourth-order valence-electron chi connectivity index (χ4n) is 3.20. The van der Waals surface area contributed by atoms with Crippen molar-refractivity contribution in [2.24, 2.45) is 0 Å². The molecule has 1 aliphatic heterocycles. The number of carbonyl (C=O) groups is 1. The number of nitrogens with zero attached hydrogens (tertiary/aromatic N) is 1. The summed E-state index contributed by atoms with van der Waals surface area (Å²) in [6, 6.07) is 16.4. The Kier molecular flexibility index (Phi) is 3.88. The third kappa shape index (κ3) is 2.59. The van der Waals surface area contributed by atoms with E-state index in [2.05, 4.69) is 38.1 Å². The lowest BCUT2D eigenvalue weighted by Crippen LogP contribution is -2.32. The van der Waals surface area contributed by atoms with Gasteiger partial charge < -0.3 is 9.64 Å². The van der Waals surface area contributed by atoms with Crippen LogP contribution in [0.4, 0.5) is 5.69 Å². The monoisotopic (exact) mass is 295 g/mol. The summed E-state index contributed by atoms with van der Waals surface area (Å²) in [6.45, 7) is 4.20. The normalized spacial score (nSPS) is 21.2. The van der Waals surface area contributed by atoms with Crippen LogP contribution in [0.2, 0.25) is 0 Å². The first-order valence-corrected chi connectivity index (χ1v) is 7.63. The predicted molar refractivity (Wildman–Crippen MR) is 88.5 cm³/mol. The lowest BCUT2D eigenvalue weighted by atomic mass is 9.92. The Labute approximate surface area is 131 Å². The number of ether oxygens (including phenoxy) is 1. The van der Waals surface area contributed by atoms with Crippen molar-refractivity contribution in [3.8, 4) is 5.75 Å². The van der Waals surface area contributed by atoms with Gasteiger partial charge in [0.05, 0.1) is 7.11 Å². The third-order valence-corrected chi connectivity index (χ3v) is 4.51. The van der Waals surface area contributed by atoms with Gasteiger partial charge in [0.15, 0.2) is 0 Å². The first-order valence-electron chi connectivity index (χ1n) is 7.63. The Morgan fingerprint density at radius 3 is 2.27 bits per heavy atom. The molecule has 0 aliphatic carbocycles. The van der Waals surface area contributed by atoms with E-state index in [4.69, 9.17) is 4.74 Å². The molecule has 1 saturated heterocycles. The molecule has 114 valence electrons.